The first-order chi connectivity index (χ1) is 9.94. The summed E-state index contributed by atoms with van der Waals surface area (Å²) in [5.74, 6) is -0.796. The van der Waals surface area contributed by atoms with Gasteiger partial charge in [-0.05, 0) is 36.2 Å². The second-order valence-corrected chi connectivity index (χ2v) is 7.86. The monoisotopic (exact) mass is 324 g/mol. The van der Waals surface area contributed by atoms with Crippen LogP contribution in [0.3, 0.4) is 0 Å². The molecule has 1 heterocycles. The molecular weight excluding hydrogens is 308 g/mol. The summed E-state index contributed by atoms with van der Waals surface area (Å²) >= 11 is 1.17. The fourth-order valence-electron chi connectivity index (χ4n) is 1.89. The summed E-state index contributed by atoms with van der Waals surface area (Å²) in [5.41, 5.74) is 0.821. The molecule has 1 N–H and O–H groups in total. The summed E-state index contributed by atoms with van der Waals surface area (Å²) in [6.45, 7) is 1.95. The van der Waals surface area contributed by atoms with Crippen LogP contribution in [0.5, 0.6) is 0 Å². The van der Waals surface area contributed by atoms with Crippen molar-refractivity contribution in [2.24, 2.45) is 0 Å². The highest BCUT2D eigenvalue weighted by molar-refractivity contribution is 7.91. The molecule has 2 rings (SSSR count). The number of carbonyl (C=O) groups is 1. The molecule has 0 spiro atoms. The van der Waals surface area contributed by atoms with E-state index in [1.54, 1.807) is 36.4 Å². The first kappa shape index (κ1) is 15.7. The van der Waals surface area contributed by atoms with Crippen molar-refractivity contribution in [3.05, 3.63) is 41.3 Å². The van der Waals surface area contributed by atoms with Gasteiger partial charge in [0.25, 0.3) is 0 Å². The Morgan fingerprint density at radius 3 is 2.33 bits per heavy atom. The number of benzene rings is 1. The molecule has 2 aromatic rings. The van der Waals surface area contributed by atoms with E-state index < -0.39 is 15.8 Å². The van der Waals surface area contributed by atoms with Crippen LogP contribution in [0.4, 0.5) is 0 Å². The number of unbranched alkanes of at least 4 members (excludes halogenated alkanes) is 1. The molecule has 0 bridgehead atoms. The molecule has 0 saturated carbocycles. The third-order valence-electron chi connectivity index (χ3n) is 3.08. The Morgan fingerprint density at radius 1 is 1.14 bits per heavy atom. The van der Waals surface area contributed by atoms with E-state index in [0.29, 0.717) is 11.3 Å². The van der Waals surface area contributed by atoms with Crippen molar-refractivity contribution in [3.63, 3.8) is 0 Å². The van der Waals surface area contributed by atoms with Crippen molar-refractivity contribution in [2.75, 3.05) is 5.75 Å². The number of sulfone groups is 1. The molecule has 0 saturated heterocycles. The molecule has 0 radical (unpaired) electrons. The van der Waals surface area contributed by atoms with E-state index in [9.17, 15) is 13.2 Å². The van der Waals surface area contributed by atoms with Gasteiger partial charge in [0.2, 0.25) is 0 Å². The Morgan fingerprint density at radius 2 is 1.81 bits per heavy atom. The second kappa shape index (κ2) is 6.41. The van der Waals surface area contributed by atoms with E-state index in [1.165, 1.54) is 11.3 Å². The number of carboxylic acids is 1. The Labute approximate surface area is 128 Å². The molecule has 6 heteroatoms. The van der Waals surface area contributed by atoms with Crippen LogP contribution in [-0.4, -0.2) is 25.2 Å². The van der Waals surface area contributed by atoms with Gasteiger partial charge in [-0.2, -0.15) is 0 Å². The van der Waals surface area contributed by atoms with Crippen LogP contribution in [0.15, 0.2) is 41.3 Å². The molecule has 0 aliphatic carbocycles. The molecule has 4 nitrogen and oxygen atoms in total. The highest BCUT2D eigenvalue weighted by Crippen LogP contribution is 2.29. The van der Waals surface area contributed by atoms with E-state index in [4.69, 9.17) is 5.11 Å². The van der Waals surface area contributed by atoms with Crippen LogP contribution in [0, 0.1) is 0 Å². The van der Waals surface area contributed by atoms with E-state index >= 15 is 0 Å². The van der Waals surface area contributed by atoms with Gasteiger partial charge in [0.1, 0.15) is 4.88 Å². The maximum Gasteiger partial charge on any atom is 0.345 e. The van der Waals surface area contributed by atoms with Gasteiger partial charge in [-0.1, -0.05) is 25.5 Å². The lowest BCUT2D eigenvalue weighted by Crippen LogP contribution is -2.06. The third kappa shape index (κ3) is 3.71. The lowest BCUT2D eigenvalue weighted by molar-refractivity contribution is 0.0702. The van der Waals surface area contributed by atoms with Gasteiger partial charge in [0.05, 0.1) is 10.6 Å². The number of aromatic carboxylic acids is 1. The normalized spacial score (nSPS) is 11.5. The van der Waals surface area contributed by atoms with Crippen molar-refractivity contribution < 1.29 is 18.3 Å². The van der Waals surface area contributed by atoms with Crippen molar-refractivity contribution in [2.45, 2.75) is 24.7 Å². The first-order valence-electron chi connectivity index (χ1n) is 6.60. The summed E-state index contributed by atoms with van der Waals surface area (Å²) in [4.78, 5) is 12.3. The van der Waals surface area contributed by atoms with Crippen LogP contribution in [0.1, 0.15) is 29.4 Å². The van der Waals surface area contributed by atoms with Crippen molar-refractivity contribution >= 4 is 27.1 Å². The van der Waals surface area contributed by atoms with Gasteiger partial charge in [-0.25, -0.2) is 13.2 Å². The average Bonchev–Trinajstić information content (AvgIpc) is 2.95. The number of hydrogen-bond donors (Lipinski definition) is 1. The van der Waals surface area contributed by atoms with Gasteiger partial charge in [-0.3, -0.25) is 0 Å². The summed E-state index contributed by atoms with van der Waals surface area (Å²) in [7, 11) is -3.22. The molecule has 21 heavy (non-hydrogen) atoms. The highest BCUT2D eigenvalue weighted by Gasteiger charge is 2.14. The van der Waals surface area contributed by atoms with E-state index in [2.05, 4.69) is 0 Å². The molecule has 1 aromatic heterocycles. The molecule has 112 valence electrons. The minimum atomic E-state index is -3.22. The number of thiophene rings is 1. The minimum absolute atomic E-state index is 0.158. The molecule has 0 amide bonds. The van der Waals surface area contributed by atoms with Crippen molar-refractivity contribution in [1.29, 1.82) is 0 Å². The molecular formula is C15H16O4S2. The predicted octanol–water partition coefficient (Wildman–Crippen LogP) is 3.69. The average molecular weight is 324 g/mol. The van der Waals surface area contributed by atoms with Crippen LogP contribution in [0.2, 0.25) is 0 Å². The minimum Gasteiger partial charge on any atom is -0.477 e. The Bertz CT molecular complexity index is 727. The Hall–Kier alpha value is -1.66. The molecule has 1 aromatic carbocycles. The highest BCUT2D eigenvalue weighted by atomic mass is 32.2. The molecule has 0 aliphatic rings. The van der Waals surface area contributed by atoms with Crippen LogP contribution < -0.4 is 0 Å². The van der Waals surface area contributed by atoms with Gasteiger partial charge in [0, 0.05) is 4.88 Å². The Kier molecular flexibility index (Phi) is 4.80. The maximum absolute atomic E-state index is 12.1. The van der Waals surface area contributed by atoms with Gasteiger partial charge >= 0.3 is 5.97 Å². The summed E-state index contributed by atoms with van der Waals surface area (Å²) in [5, 5.41) is 8.91. The number of rotatable bonds is 6. The number of hydrogen-bond acceptors (Lipinski definition) is 4. The van der Waals surface area contributed by atoms with Gasteiger partial charge in [0.15, 0.2) is 9.84 Å². The van der Waals surface area contributed by atoms with Crippen LogP contribution >= 0.6 is 11.3 Å². The van der Waals surface area contributed by atoms with E-state index in [1.807, 2.05) is 6.92 Å². The lowest BCUT2D eigenvalue weighted by atomic mass is 10.2. The van der Waals surface area contributed by atoms with Crippen LogP contribution in [-0.2, 0) is 9.84 Å². The van der Waals surface area contributed by atoms with E-state index in [-0.39, 0.29) is 10.6 Å². The van der Waals surface area contributed by atoms with Gasteiger partial charge in [-0.15, -0.1) is 11.3 Å². The largest absolute Gasteiger partial charge is 0.477 e. The van der Waals surface area contributed by atoms with Gasteiger partial charge < -0.3 is 5.11 Å². The Balaban J connectivity index is 2.24. The second-order valence-electron chi connectivity index (χ2n) is 4.67. The standard InChI is InChI=1S/C15H16O4S2/c1-2-3-10-21(18,19)12-6-4-11(5-7-12)13-8-9-14(20-13)15(16)17/h4-9H,2-3,10H2,1H3,(H,16,17). The van der Waals surface area contributed by atoms with E-state index in [0.717, 1.165) is 16.9 Å². The zero-order valence-corrected chi connectivity index (χ0v) is 13.2. The smallest absolute Gasteiger partial charge is 0.345 e. The molecule has 0 atom stereocenters. The zero-order chi connectivity index (χ0) is 15.5. The molecule has 0 fully saturated rings. The van der Waals surface area contributed by atoms with Crippen molar-refractivity contribution in [1.82, 2.24) is 0 Å². The maximum atomic E-state index is 12.1. The number of carboxylic acid groups (broad SMARTS) is 1. The first-order valence-corrected chi connectivity index (χ1v) is 9.07. The summed E-state index contributed by atoms with van der Waals surface area (Å²) < 4.78 is 24.1. The lowest BCUT2D eigenvalue weighted by Gasteiger charge is -2.04. The topological polar surface area (TPSA) is 71.4 Å². The molecule has 0 unspecified atom stereocenters. The SMILES string of the molecule is CCCCS(=O)(=O)c1ccc(-c2ccc(C(=O)O)s2)cc1. The van der Waals surface area contributed by atoms with Crippen molar-refractivity contribution in [3.8, 4) is 10.4 Å². The zero-order valence-electron chi connectivity index (χ0n) is 11.6. The predicted molar refractivity (Wildman–Crippen MR) is 83.7 cm³/mol. The molecule has 0 aliphatic heterocycles. The quantitative estimate of drug-likeness (QED) is 0.879. The van der Waals surface area contributed by atoms with Crippen LogP contribution in [0.25, 0.3) is 10.4 Å². The summed E-state index contributed by atoms with van der Waals surface area (Å²) in [6, 6.07) is 9.89. The third-order valence-corrected chi connectivity index (χ3v) is 6.02. The fourth-order valence-corrected chi connectivity index (χ4v) is 4.19. The fraction of sp³-hybridized carbons (Fsp3) is 0.267. The summed E-state index contributed by atoms with van der Waals surface area (Å²) in [6.07, 6.45) is 1.49.